The van der Waals surface area contributed by atoms with Crippen LogP contribution in [0, 0.1) is 0 Å². The van der Waals surface area contributed by atoms with Crippen molar-refractivity contribution in [2.24, 2.45) is 0 Å². The average molecular weight is 223 g/mol. The summed E-state index contributed by atoms with van der Waals surface area (Å²) in [6.07, 6.45) is -4.31. The molecule has 0 radical (unpaired) electrons. The lowest BCUT2D eigenvalue weighted by Gasteiger charge is -2.13. The first kappa shape index (κ1) is 11.9. The van der Waals surface area contributed by atoms with Crippen molar-refractivity contribution in [3.8, 4) is 0 Å². The van der Waals surface area contributed by atoms with Gasteiger partial charge in [-0.3, -0.25) is 0 Å². The molecule has 0 amide bonds. The van der Waals surface area contributed by atoms with E-state index in [0.29, 0.717) is 6.54 Å². The van der Waals surface area contributed by atoms with Gasteiger partial charge in [0.05, 0.1) is 6.04 Å². The number of rotatable bonds is 4. The average Bonchev–Trinajstić information content (AvgIpc) is 2.49. The molecule has 0 fully saturated rings. The smallest absolute Gasteiger partial charge is 0.308 e. The summed E-state index contributed by atoms with van der Waals surface area (Å²) in [6, 6.07) is -0.299. The molecule has 1 rings (SSSR count). The van der Waals surface area contributed by atoms with Crippen LogP contribution in [0.5, 0.6) is 0 Å². The Balaban J connectivity index is 2.77. The molecule has 0 aliphatic rings. The van der Waals surface area contributed by atoms with E-state index in [1.54, 1.807) is 6.92 Å². The van der Waals surface area contributed by atoms with E-state index in [1.807, 2.05) is 6.92 Å². The minimum atomic E-state index is -4.31. The Labute approximate surface area is 84.7 Å². The summed E-state index contributed by atoms with van der Waals surface area (Å²) in [7, 11) is 0. The van der Waals surface area contributed by atoms with E-state index in [9.17, 15) is 13.2 Å². The molecule has 1 heterocycles. The Hall–Kier alpha value is -1.18. The third-order valence-corrected chi connectivity index (χ3v) is 1.79. The van der Waals surface area contributed by atoms with Crippen LogP contribution in [0.25, 0.3) is 0 Å². The predicted molar refractivity (Wildman–Crippen MR) is 46.0 cm³/mol. The summed E-state index contributed by atoms with van der Waals surface area (Å²) < 4.78 is 37.1. The normalized spacial score (nSPS) is 14.2. The third-order valence-electron chi connectivity index (χ3n) is 1.79. The summed E-state index contributed by atoms with van der Waals surface area (Å²) in [4.78, 5) is 0. The molecule has 0 aliphatic heterocycles. The Kier molecular flexibility index (Phi) is 3.61. The molecule has 0 saturated heterocycles. The zero-order chi connectivity index (χ0) is 11.5. The summed E-state index contributed by atoms with van der Waals surface area (Å²) >= 11 is 0. The summed E-state index contributed by atoms with van der Waals surface area (Å²) in [6.45, 7) is 3.04. The number of nitrogens with one attached hydrogen (secondary N) is 1. The number of hydrogen-bond donors (Lipinski definition) is 1. The first-order valence-corrected chi connectivity index (χ1v) is 4.50. The second-order valence-corrected chi connectivity index (χ2v) is 3.09. The van der Waals surface area contributed by atoms with Crippen molar-refractivity contribution in [2.75, 3.05) is 6.54 Å². The maximum absolute atomic E-state index is 12.1. The van der Waals surface area contributed by atoms with Crippen LogP contribution >= 0.6 is 0 Å². The lowest BCUT2D eigenvalue weighted by atomic mass is 10.3. The molecule has 1 N–H and O–H groups in total. The van der Waals surface area contributed by atoms with Crippen LogP contribution in [0.1, 0.15) is 25.7 Å². The second kappa shape index (κ2) is 4.56. The minimum Gasteiger partial charge on any atom is -0.308 e. The fourth-order valence-corrected chi connectivity index (χ4v) is 1.20. The molecule has 1 atom stereocenters. The maximum atomic E-state index is 12.1. The van der Waals surface area contributed by atoms with Gasteiger partial charge < -0.3 is 5.32 Å². The SMILES string of the molecule is CCNC(C)c1nnnn1CC(F)(F)F. The maximum Gasteiger partial charge on any atom is 0.408 e. The Morgan fingerprint density at radius 1 is 1.47 bits per heavy atom. The summed E-state index contributed by atoms with van der Waals surface area (Å²) in [5.74, 6) is 0.189. The quantitative estimate of drug-likeness (QED) is 0.824. The van der Waals surface area contributed by atoms with Crippen LogP contribution < -0.4 is 5.32 Å². The van der Waals surface area contributed by atoms with Gasteiger partial charge in [-0.05, 0) is 23.9 Å². The van der Waals surface area contributed by atoms with Gasteiger partial charge in [-0.25, -0.2) is 4.68 Å². The fourth-order valence-electron chi connectivity index (χ4n) is 1.20. The first-order valence-electron chi connectivity index (χ1n) is 4.50. The Bertz CT molecular complexity index is 308. The van der Waals surface area contributed by atoms with E-state index in [4.69, 9.17) is 0 Å². The van der Waals surface area contributed by atoms with Crippen molar-refractivity contribution in [2.45, 2.75) is 32.6 Å². The van der Waals surface area contributed by atoms with Gasteiger partial charge in [0.1, 0.15) is 6.54 Å². The van der Waals surface area contributed by atoms with Crippen LogP contribution in [0.2, 0.25) is 0 Å². The standard InChI is InChI=1S/C7H12F3N5/c1-3-11-5(2)6-12-13-14-15(6)4-7(8,9)10/h5,11H,3-4H2,1-2H3. The number of nitrogens with zero attached hydrogens (tertiary/aromatic N) is 4. The lowest BCUT2D eigenvalue weighted by molar-refractivity contribution is -0.143. The van der Waals surface area contributed by atoms with Gasteiger partial charge in [0.2, 0.25) is 0 Å². The minimum absolute atomic E-state index is 0.189. The first-order chi connectivity index (χ1) is 6.94. The van der Waals surface area contributed by atoms with Gasteiger partial charge in [-0.2, -0.15) is 13.2 Å². The topological polar surface area (TPSA) is 55.6 Å². The Morgan fingerprint density at radius 3 is 2.67 bits per heavy atom. The largest absolute Gasteiger partial charge is 0.408 e. The highest BCUT2D eigenvalue weighted by atomic mass is 19.4. The van der Waals surface area contributed by atoms with Crippen LogP contribution in [0.3, 0.4) is 0 Å². The van der Waals surface area contributed by atoms with Crippen molar-refractivity contribution >= 4 is 0 Å². The Morgan fingerprint density at radius 2 is 2.13 bits per heavy atom. The van der Waals surface area contributed by atoms with E-state index in [2.05, 4.69) is 20.8 Å². The van der Waals surface area contributed by atoms with Crippen molar-refractivity contribution in [3.63, 3.8) is 0 Å². The highest BCUT2D eigenvalue weighted by Gasteiger charge is 2.30. The highest BCUT2D eigenvalue weighted by molar-refractivity contribution is 4.89. The fraction of sp³-hybridized carbons (Fsp3) is 0.857. The van der Waals surface area contributed by atoms with Gasteiger partial charge in [-0.15, -0.1) is 5.10 Å². The third kappa shape index (κ3) is 3.46. The summed E-state index contributed by atoms with van der Waals surface area (Å²) in [5.41, 5.74) is 0. The van der Waals surface area contributed by atoms with Crippen LogP contribution in [0.4, 0.5) is 13.2 Å². The van der Waals surface area contributed by atoms with Crippen LogP contribution in [-0.2, 0) is 6.54 Å². The molecular formula is C7H12F3N5. The molecule has 8 heteroatoms. The van der Waals surface area contributed by atoms with Crippen molar-refractivity contribution in [3.05, 3.63) is 5.82 Å². The van der Waals surface area contributed by atoms with Crippen LogP contribution in [0.15, 0.2) is 0 Å². The zero-order valence-electron chi connectivity index (χ0n) is 8.41. The molecule has 86 valence electrons. The molecule has 1 aromatic heterocycles. The van der Waals surface area contributed by atoms with E-state index in [0.717, 1.165) is 4.68 Å². The van der Waals surface area contributed by atoms with Gasteiger partial charge >= 0.3 is 6.18 Å². The number of halogens is 3. The van der Waals surface area contributed by atoms with Gasteiger partial charge in [0, 0.05) is 0 Å². The number of alkyl halides is 3. The van der Waals surface area contributed by atoms with Gasteiger partial charge in [0.25, 0.3) is 0 Å². The number of aromatic nitrogens is 4. The second-order valence-electron chi connectivity index (χ2n) is 3.09. The lowest BCUT2D eigenvalue weighted by Crippen LogP contribution is -2.26. The van der Waals surface area contributed by atoms with Crippen molar-refractivity contribution in [1.82, 2.24) is 25.5 Å². The van der Waals surface area contributed by atoms with E-state index in [1.165, 1.54) is 0 Å². The summed E-state index contributed by atoms with van der Waals surface area (Å²) in [5, 5.41) is 13.0. The number of tetrazole rings is 1. The predicted octanol–water partition coefficient (Wildman–Crippen LogP) is 0.906. The number of hydrogen-bond acceptors (Lipinski definition) is 4. The van der Waals surface area contributed by atoms with Crippen molar-refractivity contribution in [1.29, 1.82) is 0 Å². The molecule has 0 bridgehead atoms. The molecule has 5 nitrogen and oxygen atoms in total. The zero-order valence-corrected chi connectivity index (χ0v) is 8.41. The molecule has 15 heavy (non-hydrogen) atoms. The highest BCUT2D eigenvalue weighted by Crippen LogP contribution is 2.18. The molecule has 1 aromatic rings. The van der Waals surface area contributed by atoms with Gasteiger partial charge in [-0.1, -0.05) is 6.92 Å². The van der Waals surface area contributed by atoms with E-state index in [-0.39, 0.29) is 11.9 Å². The van der Waals surface area contributed by atoms with Crippen molar-refractivity contribution < 1.29 is 13.2 Å². The van der Waals surface area contributed by atoms with Crippen LogP contribution in [-0.4, -0.2) is 32.9 Å². The van der Waals surface area contributed by atoms with E-state index >= 15 is 0 Å². The molecule has 1 unspecified atom stereocenters. The van der Waals surface area contributed by atoms with Gasteiger partial charge in [0.15, 0.2) is 5.82 Å². The molecule has 0 saturated carbocycles. The molecule has 0 aromatic carbocycles. The molecule has 0 spiro atoms. The molecular weight excluding hydrogens is 211 g/mol. The molecule has 0 aliphatic carbocycles. The van der Waals surface area contributed by atoms with E-state index < -0.39 is 12.7 Å². The monoisotopic (exact) mass is 223 g/mol.